The number of pyridine rings is 1. The monoisotopic (exact) mass is 298 g/mol. The Morgan fingerprint density at radius 3 is 2.50 bits per heavy atom. The van der Waals surface area contributed by atoms with E-state index < -0.39 is 5.97 Å². The summed E-state index contributed by atoms with van der Waals surface area (Å²) < 4.78 is 4.68. The van der Waals surface area contributed by atoms with E-state index in [0.717, 1.165) is 11.1 Å². The summed E-state index contributed by atoms with van der Waals surface area (Å²) in [7, 11) is 1.31. The van der Waals surface area contributed by atoms with Crippen LogP contribution in [0.3, 0.4) is 0 Å². The number of methoxy groups -OCH3 is 1. The number of benzene rings is 1. The van der Waals surface area contributed by atoms with Gasteiger partial charge < -0.3 is 9.64 Å². The van der Waals surface area contributed by atoms with Gasteiger partial charge in [0.15, 0.2) is 0 Å². The second-order valence-corrected chi connectivity index (χ2v) is 4.88. The minimum Gasteiger partial charge on any atom is -0.468 e. The Balaban J connectivity index is 2.25. The minimum absolute atomic E-state index is 0.111. The molecule has 5 nitrogen and oxygen atoms in total. The zero-order chi connectivity index (χ0) is 15.9. The molecule has 0 fully saturated rings. The van der Waals surface area contributed by atoms with Crippen molar-refractivity contribution in [1.82, 2.24) is 9.88 Å². The summed E-state index contributed by atoms with van der Waals surface area (Å²) in [5.74, 6) is -0.757. The van der Waals surface area contributed by atoms with Crippen molar-refractivity contribution < 1.29 is 14.3 Å². The molecule has 1 aromatic heterocycles. The molecule has 1 amide bonds. The number of nitrogens with zero attached hydrogens (tertiary/aromatic N) is 2. The number of rotatable bonds is 5. The van der Waals surface area contributed by atoms with Gasteiger partial charge in [-0.2, -0.15) is 0 Å². The molecule has 114 valence electrons. The lowest BCUT2D eigenvalue weighted by atomic mass is 10.1. The second-order valence-electron chi connectivity index (χ2n) is 4.88. The molecule has 5 heteroatoms. The third-order valence-electron chi connectivity index (χ3n) is 3.34. The van der Waals surface area contributed by atoms with Crippen molar-refractivity contribution in [1.29, 1.82) is 0 Å². The van der Waals surface area contributed by atoms with Crippen LogP contribution in [0.4, 0.5) is 0 Å². The third-order valence-corrected chi connectivity index (χ3v) is 3.34. The molecule has 0 spiro atoms. The Morgan fingerprint density at radius 2 is 1.86 bits per heavy atom. The summed E-state index contributed by atoms with van der Waals surface area (Å²) in [5.41, 5.74) is 2.35. The van der Waals surface area contributed by atoms with E-state index in [0.29, 0.717) is 12.2 Å². The summed E-state index contributed by atoms with van der Waals surface area (Å²) in [5, 5.41) is 0. The van der Waals surface area contributed by atoms with Gasteiger partial charge in [-0.1, -0.05) is 30.3 Å². The zero-order valence-electron chi connectivity index (χ0n) is 12.7. The van der Waals surface area contributed by atoms with E-state index in [2.05, 4.69) is 9.72 Å². The van der Waals surface area contributed by atoms with Gasteiger partial charge in [-0.15, -0.1) is 0 Å². The van der Waals surface area contributed by atoms with Crippen LogP contribution in [0.5, 0.6) is 0 Å². The first-order valence-corrected chi connectivity index (χ1v) is 6.93. The Kier molecular flexibility index (Phi) is 5.25. The maximum absolute atomic E-state index is 12.6. The van der Waals surface area contributed by atoms with Crippen LogP contribution in [-0.4, -0.2) is 35.4 Å². The van der Waals surface area contributed by atoms with Crippen LogP contribution in [0.15, 0.2) is 48.7 Å². The first-order chi connectivity index (χ1) is 10.6. The van der Waals surface area contributed by atoms with Gasteiger partial charge in [0.1, 0.15) is 12.2 Å². The highest BCUT2D eigenvalue weighted by atomic mass is 16.5. The summed E-state index contributed by atoms with van der Waals surface area (Å²) in [6.07, 6.45) is 1.55. The number of esters is 1. The molecule has 0 aliphatic rings. The Morgan fingerprint density at radius 1 is 1.14 bits per heavy atom. The van der Waals surface area contributed by atoms with Crippen LogP contribution >= 0.6 is 0 Å². The van der Waals surface area contributed by atoms with Crippen molar-refractivity contribution in [2.45, 2.75) is 13.5 Å². The Hall–Kier alpha value is -2.69. The standard InChI is InChI=1S/C17H18N2O3/c1-13-7-3-4-8-14(13)11-19(12-16(20)22-2)17(21)15-9-5-6-10-18-15/h3-10H,11-12H2,1-2H3. The van der Waals surface area contributed by atoms with Crippen LogP contribution in [0, 0.1) is 6.92 Å². The first kappa shape index (κ1) is 15.7. The third kappa shape index (κ3) is 3.91. The molecule has 0 aliphatic carbocycles. The number of aromatic nitrogens is 1. The number of hydrogen-bond donors (Lipinski definition) is 0. The van der Waals surface area contributed by atoms with E-state index in [1.165, 1.54) is 12.0 Å². The maximum atomic E-state index is 12.6. The van der Waals surface area contributed by atoms with Gasteiger partial charge >= 0.3 is 5.97 Å². The summed E-state index contributed by atoms with van der Waals surface area (Å²) >= 11 is 0. The predicted octanol–water partition coefficient (Wildman–Crippen LogP) is 2.21. The highest BCUT2D eigenvalue weighted by Gasteiger charge is 2.20. The molecule has 22 heavy (non-hydrogen) atoms. The van der Waals surface area contributed by atoms with Crippen molar-refractivity contribution in [2.75, 3.05) is 13.7 Å². The number of carbonyl (C=O) groups is 2. The molecule has 0 saturated carbocycles. The number of aryl methyl sites for hydroxylation is 1. The van der Waals surface area contributed by atoms with Gasteiger partial charge in [-0.3, -0.25) is 14.6 Å². The molecule has 0 radical (unpaired) electrons. The van der Waals surface area contributed by atoms with E-state index in [-0.39, 0.29) is 12.5 Å². The molecule has 0 unspecified atom stereocenters. The second kappa shape index (κ2) is 7.36. The molecule has 2 aromatic rings. The van der Waals surface area contributed by atoms with Crippen LogP contribution in [0.2, 0.25) is 0 Å². The van der Waals surface area contributed by atoms with Crippen molar-refractivity contribution in [3.63, 3.8) is 0 Å². The van der Waals surface area contributed by atoms with E-state index in [4.69, 9.17) is 0 Å². The van der Waals surface area contributed by atoms with Crippen molar-refractivity contribution in [2.24, 2.45) is 0 Å². The van der Waals surface area contributed by atoms with Gasteiger partial charge in [-0.05, 0) is 30.2 Å². The van der Waals surface area contributed by atoms with Gasteiger partial charge in [0, 0.05) is 12.7 Å². The van der Waals surface area contributed by atoms with Crippen molar-refractivity contribution in [3.05, 3.63) is 65.5 Å². The average molecular weight is 298 g/mol. The van der Waals surface area contributed by atoms with Gasteiger partial charge in [-0.25, -0.2) is 0 Å². The summed E-state index contributed by atoms with van der Waals surface area (Å²) in [6, 6.07) is 12.9. The van der Waals surface area contributed by atoms with Crippen LogP contribution in [0.1, 0.15) is 21.6 Å². The molecule has 0 N–H and O–H groups in total. The normalized spacial score (nSPS) is 10.1. The SMILES string of the molecule is COC(=O)CN(Cc1ccccc1C)C(=O)c1ccccn1. The van der Waals surface area contributed by atoms with Crippen LogP contribution in [0.25, 0.3) is 0 Å². The minimum atomic E-state index is -0.460. The van der Waals surface area contributed by atoms with Crippen molar-refractivity contribution >= 4 is 11.9 Å². The van der Waals surface area contributed by atoms with Crippen LogP contribution < -0.4 is 0 Å². The fourth-order valence-corrected chi connectivity index (χ4v) is 2.06. The quantitative estimate of drug-likeness (QED) is 0.794. The van der Waals surface area contributed by atoms with E-state index in [9.17, 15) is 9.59 Å². The highest BCUT2D eigenvalue weighted by molar-refractivity contribution is 5.94. The molecule has 2 rings (SSSR count). The Bertz CT molecular complexity index is 656. The summed E-state index contributed by atoms with van der Waals surface area (Å²) in [6.45, 7) is 2.19. The molecular weight excluding hydrogens is 280 g/mol. The number of hydrogen-bond acceptors (Lipinski definition) is 4. The molecule has 0 aliphatic heterocycles. The van der Waals surface area contributed by atoms with E-state index in [1.54, 1.807) is 24.4 Å². The maximum Gasteiger partial charge on any atom is 0.325 e. The zero-order valence-corrected chi connectivity index (χ0v) is 12.7. The van der Waals surface area contributed by atoms with Gasteiger partial charge in [0.25, 0.3) is 5.91 Å². The van der Waals surface area contributed by atoms with E-state index >= 15 is 0 Å². The predicted molar refractivity (Wildman–Crippen MR) is 82.2 cm³/mol. The first-order valence-electron chi connectivity index (χ1n) is 6.93. The lowest BCUT2D eigenvalue weighted by Gasteiger charge is -2.22. The number of amides is 1. The summed E-state index contributed by atoms with van der Waals surface area (Å²) in [4.78, 5) is 29.7. The molecular formula is C17H18N2O3. The molecule has 1 aromatic carbocycles. The molecule has 0 bridgehead atoms. The van der Waals surface area contributed by atoms with E-state index in [1.807, 2.05) is 31.2 Å². The smallest absolute Gasteiger partial charge is 0.325 e. The topological polar surface area (TPSA) is 59.5 Å². The van der Waals surface area contributed by atoms with Gasteiger partial charge in [0.2, 0.25) is 0 Å². The number of carbonyl (C=O) groups excluding carboxylic acids is 2. The highest BCUT2D eigenvalue weighted by Crippen LogP contribution is 2.12. The van der Waals surface area contributed by atoms with Crippen molar-refractivity contribution in [3.8, 4) is 0 Å². The van der Waals surface area contributed by atoms with Crippen LogP contribution in [-0.2, 0) is 16.1 Å². The lowest BCUT2D eigenvalue weighted by molar-refractivity contribution is -0.141. The molecule has 0 atom stereocenters. The largest absolute Gasteiger partial charge is 0.468 e. The fourth-order valence-electron chi connectivity index (χ4n) is 2.06. The lowest BCUT2D eigenvalue weighted by Crippen LogP contribution is -2.36. The average Bonchev–Trinajstić information content (AvgIpc) is 2.56. The fraction of sp³-hybridized carbons (Fsp3) is 0.235. The molecule has 1 heterocycles. The number of ether oxygens (including phenoxy) is 1. The Labute approximate surface area is 129 Å². The van der Waals surface area contributed by atoms with Gasteiger partial charge in [0.05, 0.1) is 7.11 Å². The molecule has 0 saturated heterocycles.